The van der Waals surface area contributed by atoms with Crippen LogP contribution in [0.25, 0.3) is 21.5 Å². The first kappa shape index (κ1) is 19.8. The Hall–Kier alpha value is -1.91. The van der Waals surface area contributed by atoms with Crippen molar-refractivity contribution < 1.29 is 4.79 Å². The molecule has 1 atom stereocenters. The number of rotatable bonds is 4. The van der Waals surface area contributed by atoms with E-state index in [2.05, 4.69) is 12.2 Å². The Balaban J connectivity index is 1.33. The fourth-order valence-corrected chi connectivity index (χ4v) is 8.08. The Bertz CT molecular complexity index is 1130. The summed E-state index contributed by atoms with van der Waals surface area (Å²) in [6.07, 6.45) is 8.12. The Morgan fingerprint density at radius 3 is 2.42 bits per heavy atom. The van der Waals surface area contributed by atoms with Crippen molar-refractivity contribution in [1.82, 2.24) is 10.3 Å². The first-order valence-corrected chi connectivity index (χ1v) is 12.6. The van der Waals surface area contributed by atoms with E-state index in [1.807, 2.05) is 42.5 Å². The molecule has 3 aromatic rings. The van der Waals surface area contributed by atoms with Crippen LogP contribution in [0.3, 0.4) is 0 Å². The third-order valence-electron chi connectivity index (χ3n) is 8.14. The molecule has 5 heteroatoms. The number of aromatic nitrogens is 1. The number of benzene rings is 1. The molecule has 0 unspecified atom stereocenters. The second-order valence-electron chi connectivity index (χ2n) is 10.2. The van der Waals surface area contributed by atoms with Gasteiger partial charge in [-0.3, -0.25) is 4.79 Å². The van der Waals surface area contributed by atoms with Crippen molar-refractivity contribution in [2.75, 3.05) is 0 Å². The predicted octanol–water partition coefficient (Wildman–Crippen LogP) is 6.95. The summed E-state index contributed by atoms with van der Waals surface area (Å²) in [5.41, 5.74) is 2.65. The van der Waals surface area contributed by atoms with Gasteiger partial charge in [0, 0.05) is 11.4 Å². The fraction of sp³-hybridized carbons (Fsp3) is 0.462. The van der Waals surface area contributed by atoms with Crippen LogP contribution in [-0.4, -0.2) is 16.9 Å². The number of thiophene rings is 1. The van der Waals surface area contributed by atoms with Crippen LogP contribution in [0.1, 0.15) is 55.8 Å². The topological polar surface area (TPSA) is 42.0 Å². The van der Waals surface area contributed by atoms with Gasteiger partial charge in [-0.05, 0) is 92.9 Å². The van der Waals surface area contributed by atoms with E-state index in [4.69, 9.17) is 16.6 Å². The Morgan fingerprint density at radius 1 is 1.10 bits per heavy atom. The zero-order valence-electron chi connectivity index (χ0n) is 17.7. The minimum atomic E-state index is 0.0192. The molecule has 31 heavy (non-hydrogen) atoms. The van der Waals surface area contributed by atoms with Crippen LogP contribution in [0.2, 0.25) is 4.34 Å². The standard InChI is InChI=1S/C26H27ClN2OS/c1-15(26-12-16-8-17(13-26)10-18(9-16)14-26)28-25(30)20-11-22(23-6-7-24(27)31-23)29-21-5-3-2-4-19(20)21/h2-7,11,15-18H,8-10,12-14H2,1H3,(H,28,30)/t15-,16?,17?,18?,26?/m1/s1. The molecule has 4 aliphatic carbocycles. The van der Waals surface area contributed by atoms with Crippen molar-refractivity contribution in [3.05, 3.63) is 52.4 Å². The number of pyridine rings is 1. The summed E-state index contributed by atoms with van der Waals surface area (Å²) in [4.78, 5) is 19.4. The SMILES string of the molecule is C[C@@H](NC(=O)c1cc(-c2ccc(Cl)s2)nc2ccccc12)C12CC3CC(CC(C3)C1)C2. The van der Waals surface area contributed by atoms with Crippen LogP contribution in [0.15, 0.2) is 42.5 Å². The lowest BCUT2D eigenvalue weighted by molar-refractivity contribution is -0.0687. The number of halogens is 1. The van der Waals surface area contributed by atoms with Gasteiger partial charge in [0.2, 0.25) is 0 Å². The van der Waals surface area contributed by atoms with Crippen LogP contribution in [0.4, 0.5) is 0 Å². The number of fused-ring (bicyclic) bond motifs is 1. The number of carbonyl (C=O) groups excluding carboxylic acids is 1. The highest BCUT2D eigenvalue weighted by Gasteiger charge is 2.53. The second-order valence-corrected chi connectivity index (χ2v) is 11.9. The van der Waals surface area contributed by atoms with Gasteiger partial charge in [-0.25, -0.2) is 4.98 Å². The Kier molecular flexibility index (Phi) is 4.66. The van der Waals surface area contributed by atoms with Gasteiger partial charge in [-0.2, -0.15) is 0 Å². The van der Waals surface area contributed by atoms with E-state index in [9.17, 15) is 4.79 Å². The highest BCUT2D eigenvalue weighted by molar-refractivity contribution is 7.19. The number of amides is 1. The zero-order chi connectivity index (χ0) is 21.2. The number of carbonyl (C=O) groups is 1. The molecule has 0 saturated heterocycles. The summed E-state index contributed by atoms with van der Waals surface area (Å²) >= 11 is 7.65. The van der Waals surface area contributed by atoms with Crippen molar-refractivity contribution in [2.24, 2.45) is 23.2 Å². The van der Waals surface area contributed by atoms with E-state index < -0.39 is 0 Å². The third-order valence-corrected chi connectivity index (χ3v) is 9.39. The van der Waals surface area contributed by atoms with Crippen molar-refractivity contribution >= 4 is 39.7 Å². The van der Waals surface area contributed by atoms with Crippen LogP contribution in [-0.2, 0) is 0 Å². The molecular formula is C26H27ClN2OS. The maximum absolute atomic E-state index is 13.6. The molecule has 2 heterocycles. The number of hydrogen-bond acceptors (Lipinski definition) is 3. The number of hydrogen-bond donors (Lipinski definition) is 1. The Morgan fingerprint density at radius 2 is 1.77 bits per heavy atom. The van der Waals surface area contributed by atoms with E-state index in [1.165, 1.54) is 49.9 Å². The molecule has 4 bridgehead atoms. The van der Waals surface area contributed by atoms with Crippen molar-refractivity contribution in [2.45, 2.75) is 51.5 Å². The van der Waals surface area contributed by atoms with Gasteiger partial charge in [0.1, 0.15) is 0 Å². The first-order chi connectivity index (χ1) is 15.0. The van der Waals surface area contributed by atoms with Gasteiger partial charge in [-0.15, -0.1) is 11.3 Å². The minimum absolute atomic E-state index is 0.0192. The van der Waals surface area contributed by atoms with Gasteiger partial charge in [0.05, 0.1) is 26.0 Å². The van der Waals surface area contributed by atoms with Gasteiger partial charge in [-0.1, -0.05) is 29.8 Å². The highest BCUT2D eigenvalue weighted by Crippen LogP contribution is 2.61. The average molecular weight is 451 g/mol. The molecule has 4 saturated carbocycles. The van der Waals surface area contributed by atoms with Crippen molar-refractivity contribution in [1.29, 1.82) is 0 Å². The van der Waals surface area contributed by atoms with E-state index in [1.54, 1.807) is 0 Å². The fourth-order valence-electron chi connectivity index (χ4n) is 7.08. The summed E-state index contributed by atoms with van der Waals surface area (Å²) in [7, 11) is 0. The first-order valence-electron chi connectivity index (χ1n) is 11.5. The average Bonchev–Trinajstić information content (AvgIpc) is 3.18. The third kappa shape index (κ3) is 3.39. The van der Waals surface area contributed by atoms with Crippen LogP contribution in [0, 0.1) is 23.2 Å². The van der Waals surface area contributed by atoms with Crippen LogP contribution >= 0.6 is 22.9 Å². The van der Waals surface area contributed by atoms with E-state index >= 15 is 0 Å². The monoisotopic (exact) mass is 450 g/mol. The zero-order valence-corrected chi connectivity index (χ0v) is 19.3. The minimum Gasteiger partial charge on any atom is -0.349 e. The summed E-state index contributed by atoms with van der Waals surface area (Å²) < 4.78 is 0.728. The number of nitrogens with one attached hydrogen (secondary N) is 1. The molecule has 3 nitrogen and oxygen atoms in total. The summed E-state index contributed by atoms with van der Waals surface area (Å²) in [5.74, 6) is 2.65. The smallest absolute Gasteiger partial charge is 0.252 e. The van der Waals surface area contributed by atoms with E-state index in [-0.39, 0.29) is 17.4 Å². The molecule has 4 aliphatic rings. The molecule has 1 amide bonds. The summed E-state index contributed by atoms with van der Waals surface area (Å²) in [5, 5.41) is 4.35. The molecule has 0 aliphatic heterocycles. The maximum atomic E-state index is 13.6. The lowest BCUT2D eigenvalue weighted by Crippen LogP contribution is -2.55. The van der Waals surface area contributed by atoms with Gasteiger partial charge in [0.15, 0.2) is 0 Å². The van der Waals surface area contributed by atoms with Crippen LogP contribution in [0.5, 0.6) is 0 Å². The molecule has 7 rings (SSSR count). The number of nitrogens with zero attached hydrogens (tertiary/aromatic N) is 1. The maximum Gasteiger partial charge on any atom is 0.252 e. The van der Waals surface area contributed by atoms with Crippen LogP contribution < -0.4 is 5.32 Å². The molecule has 160 valence electrons. The second kappa shape index (κ2) is 7.31. The normalized spacial score (nSPS) is 29.9. The summed E-state index contributed by atoms with van der Waals surface area (Å²) in [6, 6.07) is 13.9. The molecule has 0 radical (unpaired) electrons. The van der Waals surface area contributed by atoms with Crippen molar-refractivity contribution in [3.63, 3.8) is 0 Å². The van der Waals surface area contributed by atoms with E-state index in [0.717, 1.165) is 43.6 Å². The molecule has 0 spiro atoms. The molecule has 2 aromatic heterocycles. The largest absolute Gasteiger partial charge is 0.349 e. The van der Waals surface area contributed by atoms with Gasteiger partial charge >= 0.3 is 0 Å². The van der Waals surface area contributed by atoms with Crippen molar-refractivity contribution in [3.8, 4) is 10.6 Å². The lowest BCUT2D eigenvalue weighted by Gasteiger charge is -2.59. The molecular weight excluding hydrogens is 424 g/mol. The predicted molar refractivity (Wildman–Crippen MR) is 128 cm³/mol. The summed E-state index contributed by atoms with van der Waals surface area (Å²) in [6.45, 7) is 2.24. The highest BCUT2D eigenvalue weighted by atomic mass is 35.5. The molecule has 1 aromatic carbocycles. The molecule has 1 N–H and O–H groups in total. The quantitative estimate of drug-likeness (QED) is 0.467. The van der Waals surface area contributed by atoms with E-state index in [0.29, 0.717) is 5.56 Å². The molecule has 4 fully saturated rings. The lowest BCUT2D eigenvalue weighted by atomic mass is 9.48. The van der Waals surface area contributed by atoms with Gasteiger partial charge in [0.25, 0.3) is 5.91 Å². The van der Waals surface area contributed by atoms with Gasteiger partial charge < -0.3 is 5.32 Å². The Labute approximate surface area is 192 Å². The number of para-hydroxylation sites is 1.